The van der Waals surface area contributed by atoms with E-state index in [-0.39, 0.29) is 0 Å². The third-order valence-corrected chi connectivity index (χ3v) is 1.86. The Labute approximate surface area is 82.2 Å². The second kappa shape index (κ2) is 8.23. The van der Waals surface area contributed by atoms with Crippen LogP contribution in [-0.4, -0.2) is 57.1 Å². The van der Waals surface area contributed by atoms with Crippen molar-refractivity contribution in [3.63, 3.8) is 0 Å². The van der Waals surface area contributed by atoms with Crippen molar-refractivity contribution in [2.45, 2.75) is 6.42 Å². The minimum absolute atomic E-state index is 0.644. The Morgan fingerprint density at radius 2 is 1.77 bits per heavy atom. The van der Waals surface area contributed by atoms with Crippen LogP contribution in [0.5, 0.6) is 0 Å². The summed E-state index contributed by atoms with van der Waals surface area (Å²) in [5, 5.41) is 0. The van der Waals surface area contributed by atoms with E-state index in [0.29, 0.717) is 6.54 Å². The Balaban J connectivity index is 3.29. The fraction of sp³-hybridized carbons (Fsp3) is 0.800. The van der Waals surface area contributed by atoms with Gasteiger partial charge in [-0.15, -0.1) is 0 Å². The van der Waals surface area contributed by atoms with Crippen molar-refractivity contribution in [3.05, 3.63) is 12.2 Å². The normalized spacial score (nSPS) is 12.2. The third-order valence-electron chi connectivity index (χ3n) is 1.86. The van der Waals surface area contributed by atoms with Crippen LogP contribution in [0.3, 0.4) is 0 Å². The first-order chi connectivity index (χ1) is 6.16. The summed E-state index contributed by atoms with van der Waals surface area (Å²) in [5.41, 5.74) is 5.34. The quantitative estimate of drug-likeness (QED) is 0.582. The topological polar surface area (TPSA) is 32.5 Å². The second-order valence-electron chi connectivity index (χ2n) is 3.63. The third kappa shape index (κ3) is 9.53. The molecule has 0 fully saturated rings. The van der Waals surface area contributed by atoms with Gasteiger partial charge in [0.1, 0.15) is 0 Å². The van der Waals surface area contributed by atoms with Crippen LogP contribution in [0.4, 0.5) is 0 Å². The van der Waals surface area contributed by atoms with Gasteiger partial charge >= 0.3 is 0 Å². The van der Waals surface area contributed by atoms with Crippen LogP contribution < -0.4 is 5.73 Å². The monoisotopic (exact) mass is 185 g/mol. The minimum atomic E-state index is 0.644. The van der Waals surface area contributed by atoms with Gasteiger partial charge in [-0.1, -0.05) is 12.2 Å². The molecule has 0 unspecified atom stereocenters. The number of nitrogens with two attached hydrogens (primary N) is 1. The first-order valence-corrected chi connectivity index (χ1v) is 4.85. The molecule has 0 saturated carbocycles. The first kappa shape index (κ1) is 12.6. The summed E-state index contributed by atoms with van der Waals surface area (Å²) in [7, 11) is 6.35. The van der Waals surface area contributed by atoms with Gasteiger partial charge in [0.05, 0.1) is 0 Å². The summed E-state index contributed by atoms with van der Waals surface area (Å²) < 4.78 is 0. The van der Waals surface area contributed by atoms with Crippen LogP contribution in [0.15, 0.2) is 12.2 Å². The zero-order valence-electron chi connectivity index (χ0n) is 9.16. The molecule has 0 aromatic carbocycles. The van der Waals surface area contributed by atoms with E-state index in [1.807, 2.05) is 6.08 Å². The largest absolute Gasteiger partial charge is 0.327 e. The molecule has 0 bridgehead atoms. The lowest BCUT2D eigenvalue weighted by atomic mass is 10.3. The van der Waals surface area contributed by atoms with E-state index in [0.717, 1.165) is 19.6 Å². The van der Waals surface area contributed by atoms with E-state index >= 15 is 0 Å². The summed E-state index contributed by atoms with van der Waals surface area (Å²) in [6.45, 7) is 3.95. The summed E-state index contributed by atoms with van der Waals surface area (Å²) in [4.78, 5) is 4.51. The number of nitrogens with zero attached hydrogens (tertiary/aromatic N) is 2. The second-order valence-corrected chi connectivity index (χ2v) is 3.63. The van der Waals surface area contributed by atoms with E-state index in [9.17, 15) is 0 Å². The summed E-state index contributed by atoms with van der Waals surface area (Å²) in [6, 6.07) is 0. The molecule has 0 spiro atoms. The predicted molar refractivity (Wildman–Crippen MR) is 58.9 cm³/mol. The van der Waals surface area contributed by atoms with Gasteiger partial charge in [0.2, 0.25) is 0 Å². The van der Waals surface area contributed by atoms with E-state index in [4.69, 9.17) is 5.73 Å². The van der Waals surface area contributed by atoms with Crippen molar-refractivity contribution in [1.82, 2.24) is 9.80 Å². The molecule has 78 valence electrons. The molecule has 0 aliphatic rings. The lowest BCUT2D eigenvalue weighted by Crippen LogP contribution is -2.23. The molecule has 0 heterocycles. The molecular weight excluding hydrogens is 162 g/mol. The van der Waals surface area contributed by atoms with Gasteiger partial charge in [-0.2, -0.15) is 0 Å². The molecule has 2 N–H and O–H groups in total. The molecule has 0 amide bonds. The molecule has 0 aliphatic heterocycles. The Bertz CT molecular complexity index is 132. The van der Waals surface area contributed by atoms with Crippen LogP contribution >= 0.6 is 0 Å². The molecule has 3 heteroatoms. The van der Waals surface area contributed by atoms with Crippen molar-refractivity contribution < 1.29 is 0 Å². The lowest BCUT2D eigenvalue weighted by molar-refractivity contribution is 0.321. The van der Waals surface area contributed by atoms with Gasteiger partial charge in [0, 0.05) is 13.1 Å². The number of hydrogen-bond acceptors (Lipinski definition) is 3. The van der Waals surface area contributed by atoms with Gasteiger partial charge in [-0.05, 0) is 40.7 Å². The number of likely N-dealkylation sites (N-methyl/N-ethyl adjacent to an activating group) is 1. The SMILES string of the molecule is CN(C)CCCN(C)CC=CCN. The summed E-state index contributed by atoms with van der Waals surface area (Å²) in [5.74, 6) is 0. The Hall–Kier alpha value is -0.380. The van der Waals surface area contributed by atoms with Gasteiger partial charge in [0.25, 0.3) is 0 Å². The van der Waals surface area contributed by atoms with E-state index in [1.54, 1.807) is 0 Å². The highest BCUT2D eigenvalue weighted by atomic mass is 15.1. The maximum atomic E-state index is 5.34. The van der Waals surface area contributed by atoms with E-state index in [1.165, 1.54) is 6.42 Å². The Kier molecular flexibility index (Phi) is 7.99. The van der Waals surface area contributed by atoms with Crippen molar-refractivity contribution in [2.24, 2.45) is 5.73 Å². The van der Waals surface area contributed by atoms with Crippen molar-refractivity contribution in [3.8, 4) is 0 Å². The van der Waals surface area contributed by atoms with Gasteiger partial charge in [-0.25, -0.2) is 0 Å². The average Bonchev–Trinajstić information content (AvgIpc) is 2.04. The molecular formula is C10H23N3. The van der Waals surface area contributed by atoms with Gasteiger partial charge in [0.15, 0.2) is 0 Å². The maximum absolute atomic E-state index is 5.34. The van der Waals surface area contributed by atoms with Gasteiger partial charge in [-0.3, -0.25) is 0 Å². The lowest BCUT2D eigenvalue weighted by Gasteiger charge is -2.16. The highest BCUT2D eigenvalue weighted by molar-refractivity contribution is 4.84. The molecule has 0 aromatic heterocycles. The van der Waals surface area contributed by atoms with Crippen molar-refractivity contribution >= 4 is 0 Å². The molecule has 0 radical (unpaired) electrons. The van der Waals surface area contributed by atoms with Crippen molar-refractivity contribution in [1.29, 1.82) is 0 Å². The standard InChI is InChI=1S/C10H23N3/c1-12(2)8-6-10-13(3)9-5-4-7-11/h4-5H,6-11H2,1-3H3. The smallest absolute Gasteiger partial charge is 0.0160 e. The zero-order valence-corrected chi connectivity index (χ0v) is 9.16. The van der Waals surface area contributed by atoms with Crippen LogP contribution in [0.25, 0.3) is 0 Å². The number of rotatable bonds is 7. The van der Waals surface area contributed by atoms with Gasteiger partial charge < -0.3 is 15.5 Å². The summed E-state index contributed by atoms with van der Waals surface area (Å²) >= 11 is 0. The highest BCUT2D eigenvalue weighted by Crippen LogP contribution is 1.89. The molecule has 0 rings (SSSR count). The van der Waals surface area contributed by atoms with Crippen LogP contribution in [0.1, 0.15) is 6.42 Å². The number of hydrogen-bond donors (Lipinski definition) is 1. The fourth-order valence-electron chi connectivity index (χ4n) is 1.10. The first-order valence-electron chi connectivity index (χ1n) is 4.85. The minimum Gasteiger partial charge on any atom is -0.327 e. The predicted octanol–water partition coefficient (Wildman–Crippen LogP) is 0.385. The molecule has 0 aliphatic carbocycles. The molecule has 0 saturated heterocycles. The molecule has 13 heavy (non-hydrogen) atoms. The molecule has 0 aromatic rings. The average molecular weight is 185 g/mol. The van der Waals surface area contributed by atoms with E-state index < -0.39 is 0 Å². The van der Waals surface area contributed by atoms with Crippen LogP contribution in [0, 0.1) is 0 Å². The molecule has 0 atom stereocenters. The molecule has 3 nitrogen and oxygen atoms in total. The fourth-order valence-corrected chi connectivity index (χ4v) is 1.10. The van der Waals surface area contributed by atoms with Crippen molar-refractivity contribution in [2.75, 3.05) is 47.3 Å². The van der Waals surface area contributed by atoms with Crippen LogP contribution in [0.2, 0.25) is 0 Å². The van der Waals surface area contributed by atoms with Crippen LogP contribution in [-0.2, 0) is 0 Å². The summed E-state index contributed by atoms with van der Waals surface area (Å²) in [6.07, 6.45) is 5.35. The maximum Gasteiger partial charge on any atom is 0.0160 e. The highest BCUT2D eigenvalue weighted by Gasteiger charge is 1.95. The zero-order chi connectivity index (χ0) is 10.1. The Morgan fingerprint density at radius 1 is 1.08 bits per heavy atom. The Morgan fingerprint density at radius 3 is 2.31 bits per heavy atom. The van der Waals surface area contributed by atoms with E-state index in [2.05, 4.69) is 37.0 Å².